The second-order valence-corrected chi connectivity index (χ2v) is 20.2. The summed E-state index contributed by atoms with van der Waals surface area (Å²) >= 11 is 0. The van der Waals surface area contributed by atoms with Gasteiger partial charge in [0.15, 0.2) is 6.10 Å². The number of ether oxygens (including phenoxy) is 3. The predicted octanol–water partition coefficient (Wildman–Crippen LogP) is 21.9. The first-order valence-electron chi connectivity index (χ1n) is 31.6. The highest BCUT2D eigenvalue weighted by Crippen LogP contribution is 2.13. The Kier molecular flexibility index (Phi) is 61.0. The largest absolute Gasteiger partial charge is 0.462 e. The Labute approximate surface area is 485 Å². The maximum atomic E-state index is 12.8. The van der Waals surface area contributed by atoms with E-state index in [0.29, 0.717) is 12.8 Å². The Bertz CT molecular complexity index is 1820. The molecule has 0 heterocycles. The van der Waals surface area contributed by atoms with E-state index >= 15 is 0 Å². The lowest BCUT2D eigenvalue weighted by atomic mass is 10.1. The van der Waals surface area contributed by atoms with Gasteiger partial charge < -0.3 is 14.2 Å². The van der Waals surface area contributed by atoms with Crippen LogP contribution in [-0.4, -0.2) is 37.2 Å². The molecule has 0 amide bonds. The van der Waals surface area contributed by atoms with Crippen molar-refractivity contribution >= 4 is 17.9 Å². The molecule has 0 N–H and O–H groups in total. The van der Waals surface area contributed by atoms with Crippen LogP contribution >= 0.6 is 0 Å². The fourth-order valence-corrected chi connectivity index (χ4v) is 8.01. The van der Waals surface area contributed by atoms with Crippen LogP contribution in [0.25, 0.3) is 0 Å². The molecule has 442 valence electrons. The van der Waals surface area contributed by atoms with Gasteiger partial charge in [0, 0.05) is 19.3 Å². The minimum atomic E-state index is -0.815. The lowest BCUT2D eigenvalue weighted by molar-refractivity contribution is -0.167. The third-order valence-corrected chi connectivity index (χ3v) is 12.7. The van der Waals surface area contributed by atoms with Crippen LogP contribution in [0.15, 0.2) is 170 Å². The summed E-state index contributed by atoms with van der Waals surface area (Å²) in [4.78, 5) is 38.2. The number of allylic oxidation sites excluding steroid dienone is 28. The third-order valence-electron chi connectivity index (χ3n) is 12.7. The zero-order valence-electron chi connectivity index (χ0n) is 50.6. The van der Waals surface area contributed by atoms with Crippen LogP contribution in [0.4, 0.5) is 0 Å². The maximum absolute atomic E-state index is 12.8. The number of hydrogen-bond donors (Lipinski definition) is 0. The van der Waals surface area contributed by atoms with E-state index in [-0.39, 0.29) is 37.5 Å². The van der Waals surface area contributed by atoms with Gasteiger partial charge in [-0.05, 0) is 154 Å². The Hall–Kier alpha value is -5.23. The van der Waals surface area contributed by atoms with Crippen LogP contribution in [-0.2, 0) is 28.6 Å². The molecule has 1 atom stereocenters. The van der Waals surface area contributed by atoms with E-state index in [1.54, 1.807) is 0 Å². The molecular weight excluding hydrogens is 973 g/mol. The van der Waals surface area contributed by atoms with E-state index < -0.39 is 6.10 Å². The van der Waals surface area contributed by atoms with E-state index in [1.165, 1.54) is 38.5 Å². The van der Waals surface area contributed by atoms with Gasteiger partial charge >= 0.3 is 17.9 Å². The lowest BCUT2D eigenvalue weighted by Crippen LogP contribution is -2.30. The number of rotatable bonds is 55. The third kappa shape index (κ3) is 63.5. The van der Waals surface area contributed by atoms with Gasteiger partial charge in [0.2, 0.25) is 0 Å². The van der Waals surface area contributed by atoms with Crippen molar-refractivity contribution in [1.82, 2.24) is 0 Å². The summed E-state index contributed by atoms with van der Waals surface area (Å²) in [6.45, 7) is 6.33. The first kappa shape index (κ1) is 73.8. The normalized spacial score (nSPS) is 13.3. The average molecular weight is 1090 g/mol. The Morgan fingerprint density at radius 3 is 0.797 bits per heavy atom. The van der Waals surface area contributed by atoms with Crippen molar-refractivity contribution in [2.75, 3.05) is 13.2 Å². The lowest BCUT2D eigenvalue weighted by Gasteiger charge is -2.18. The van der Waals surface area contributed by atoms with Crippen molar-refractivity contribution in [3.05, 3.63) is 170 Å². The smallest absolute Gasteiger partial charge is 0.306 e. The number of hydrogen-bond acceptors (Lipinski definition) is 6. The molecule has 0 aromatic rings. The molecule has 0 saturated heterocycles. The van der Waals surface area contributed by atoms with Crippen molar-refractivity contribution < 1.29 is 28.6 Å². The van der Waals surface area contributed by atoms with E-state index in [4.69, 9.17) is 14.2 Å². The Morgan fingerprint density at radius 1 is 0.266 bits per heavy atom. The zero-order chi connectivity index (χ0) is 57.1. The second kappa shape index (κ2) is 65.3. The average Bonchev–Trinajstić information content (AvgIpc) is 3.45. The molecule has 6 heteroatoms. The summed E-state index contributed by atoms with van der Waals surface area (Å²) in [5, 5.41) is 0. The van der Waals surface area contributed by atoms with E-state index in [1.807, 2.05) is 0 Å². The van der Waals surface area contributed by atoms with Crippen LogP contribution in [0, 0.1) is 0 Å². The molecule has 0 aliphatic rings. The molecule has 0 aromatic heterocycles. The molecule has 0 aromatic carbocycles. The summed E-state index contributed by atoms with van der Waals surface area (Å²) in [6.07, 6.45) is 96.5. The van der Waals surface area contributed by atoms with Crippen LogP contribution in [0.1, 0.15) is 252 Å². The highest BCUT2D eigenvalue weighted by molar-refractivity contribution is 5.71. The van der Waals surface area contributed by atoms with Crippen LogP contribution in [0.5, 0.6) is 0 Å². The highest BCUT2D eigenvalue weighted by atomic mass is 16.6. The predicted molar refractivity (Wildman–Crippen MR) is 343 cm³/mol. The minimum Gasteiger partial charge on any atom is -0.462 e. The molecule has 79 heavy (non-hydrogen) atoms. The van der Waals surface area contributed by atoms with Crippen LogP contribution < -0.4 is 0 Å². The van der Waals surface area contributed by atoms with E-state index in [2.05, 4.69) is 191 Å². The fourth-order valence-electron chi connectivity index (χ4n) is 8.01. The number of unbranched alkanes of at least 4 members (excludes halogenated alkanes) is 16. The van der Waals surface area contributed by atoms with Gasteiger partial charge in [0.25, 0.3) is 0 Å². The summed E-state index contributed by atoms with van der Waals surface area (Å²) in [5.74, 6) is -0.981. The molecule has 0 aliphatic carbocycles. The molecule has 0 bridgehead atoms. The number of esters is 3. The van der Waals surface area contributed by atoms with Gasteiger partial charge in [0.05, 0.1) is 0 Å². The molecule has 0 spiro atoms. The number of carbonyl (C=O) groups excluding carboxylic acids is 3. The fraction of sp³-hybridized carbons (Fsp3) is 0.575. The zero-order valence-corrected chi connectivity index (χ0v) is 50.6. The van der Waals surface area contributed by atoms with Crippen molar-refractivity contribution in [2.45, 2.75) is 258 Å². The van der Waals surface area contributed by atoms with Crippen molar-refractivity contribution in [2.24, 2.45) is 0 Å². The van der Waals surface area contributed by atoms with Crippen molar-refractivity contribution in [1.29, 1.82) is 0 Å². The van der Waals surface area contributed by atoms with Crippen LogP contribution in [0.3, 0.4) is 0 Å². The van der Waals surface area contributed by atoms with Gasteiger partial charge in [-0.3, -0.25) is 14.4 Å². The second-order valence-electron chi connectivity index (χ2n) is 20.2. The highest BCUT2D eigenvalue weighted by Gasteiger charge is 2.19. The molecule has 0 rings (SSSR count). The van der Waals surface area contributed by atoms with Gasteiger partial charge in [-0.25, -0.2) is 0 Å². The first-order chi connectivity index (χ1) is 39.0. The molecule has 6 nitrogen and oxygen atoms in total. The topological polar surface area (TPSA) is 78.9 Å². The number of carbonyl (C=O) groups is 3. The molecule has 1 unspecified atom stereocenters. The van der Waals surface area contributed by atoms with Gasteiger partial charge in [-0.1, -0.05) is 249 Å². The molecule has 0 radical (unpaired) electrons. The minimum absolute atomic E-state index is 0.109. The Morgan fingerprint density at radius 2 is 0.494 bits per heavy atom. The van der Waals surface area contributed by atoms with Crippen LogP contribution in [0.2, 0.25) is 0 Å². The standard InChI is InChI=1S/C73H114O6/c1-4-7-10-13-16-19-22-25-26-27-28-29-30-31-32-33-34-35-36-37-38-39-40-41-42-43-44-45-46-49-51-54-57-60-63-66-72(75)78-69-70(79-73(76)67-64-61-58-55-52-48-24-21-18-15-12-9-6-3)68-77-71(74)65-62-59-56-53-50-47-23-20-17-14-11-8-5-2/h7,9-10,12,16,18-21,23,25-26,28-29,31-32,34-35,37-38,40-41,43-44,46,48-49,52,70H,4-6,8,11,13-15,17,22,24,27,30,33,36,39,42,45,47,50-51,53-69H2,1-3H3/b10-7-,12-9-,19-16-,21-18-,23-20-,26-25-,29-28-,32-31-,35-34-,38-37-,41-40-,44-43-,49-46-,52-48-. The molecule has 0 fully saturated rings. The maximum Gasteiger partial charge on any atom is 0.306 e. The quantitative estimate of drug-likeness (QED) is 0.0261. The van der Waals surface area contributed by atoms with Crippen molar-refractivity contribution in [3.63, 3.8) is 0 Å². The van der Waals surface area contributed by atoms with E-state index in [9.17, 15) is 14.4 Å². The monoisotopic (exact) mass is 1090 g/mol. The summed E-state index contributed by atoms with van der Waals surface area (Å²) in [6, 6.07) is 0. The van der Waals surface area contributed by atoms with Crippen molar-refractivity contribution in [3.8, 4) is 0 Å². The Balaban J connectivity index is 4.33. The summed E-state index contributed by atoms with van der Waals surface area (Å²) < 4.78 is 16.8. The SMILES string of the molecule is CC/C=C\C/C=C\C/C=C\C/C=C\C/C=C\C/C=C\C/C=C\C/C=C\C/C=C\C/C=C\CCCCCCC(=O)OCC(COC(=O)CCCCCCC/C=C\CCCCCC)OC(=O)CCCCC/C=C\C/C=C\C/C=C\CC. The molecule has 0 aliphatic heterocycles. The van der Waals surface area contributed by atoms with Gasteiger partial charge in [0.1, 0.15) is 13.2 Å². The van der Waals surface area contributed by atoms with E-state index in [0.717, 1.165) is 173 Å². The first-order valence-corrected chi connectivity index (χ1v) is 31.6. The summed E-state index contributed by atoms with van der Waals surface area (Å²) in [5.41, 5.74) is 0. The van der Waals surface area contributed by atoms with Gasteiger partial charge in [-0.2, -0.15) is 0 Å². The summed E-state index contributed by atoms with van der Waals surface area (Å²) in [7, 11) is 0. The molecular formula is C73H114O6. The van der Waals surface area contributed by atoms with Gasteiger partial charge in [-0.15, -0.1) is 0 Å². The molecule has 0 saturated carbocycles.